The van der Waals surface area contributed by atoms with Gasteiger partial charge in [-0.25, -0.2) is 0 Å². The van der Waals surface area contributed by atoms with Gasteiger partial charge in [-0.3, -0.25) is 9.69 Å². The minimum absolute atomic E-state index is 0.142. The van der Waals surface area contributed by atoms with E-state index < -0.39 is 0 Å². The maximum atomic E-state index is 11.7. The fourth-order valence-corrected chi connectivity index (χ4v) is 2.18. The Morgan fingerprint density at radius 1 is 1.25 bits per heavy atom. The molecule has 0 saturated carbocycles. The number of aromatic nitrogens is 2. The largest absolute Gasteiger partial charge is 0.395 e. The molecule has 1 aliphatic heterocycles. The Morgan fingerprint density at radius 2 is 1.95 bits per heavy atom. The molecule has 2 rings (SSSR count). The highest BCUT2D eigenvalue weighted by atomic mass is 16.3. The number of amides is 1. The van der Waals surface area contributed by atoms with Crippen LogP contribution in [0.1, 0.15) is 10.5 Å². The summed E-state index contributed by atoms with van der Waals surface area (Å²) in [7, 11) is 3.39. The molecule has 1 N–H and O–H groups in total. The van der Waals surface area contributed by atoms with Gasteiger partial charge in [0.05, 0.1) is 6.61 Å². The lowest BCUT2D eigenvalue weighted by Gasteiger charge is -2.34. The molecule has 0 aliphatic carbocycles. The lowest BCUT2D eigenvalue weighted by atomic mass is 10.3. The quantitative estimate of drug-likeness (QED) is 0.785. The molecule has 1 fully saturated rings. The molecule has 20 heavy (non-hydrogen) atoms. The predicted octanol–water partition coefficient (Wildman–Crippen LogP) is -0.707. The second kappa shape index (κ2) is 6.62. The maximum absolute atomic E-state index is 11.7. The van der Waals surface area contributed by atoms with Crippen molar-refractivity contribution in [3.63, 3.8) is 0 Å². The standard InChI is InChI=1S/C13H21N5O2/c1-16(2)13(20)11-3-4-12(15-14-11)18-7-5-17(6-8-18)9-10-19/h3-4,19H,5-10H2,1-2H3. The molecule has 0 atom stereocenters. The van der Waals surface area contributed by atoms with E-state index in [9.17, 15) is 4.79 Å². The average molecular weight is 279 g/mol. The predicted molar refractivity (Wildman–Crippen MR) is 75.8 cm³/mol. The van der Waals surface area contributed by atoms with E-state index >= 15 is 0 Å². The maximum Gasteiger partial charge on any atom is 0.273 e. The van der Waals surface area contributed by atoms with Crippen LogP contribution >= 0.6 is 0 Å². The van der Waals surface area contributed by atoms with Gasteiger partial charge >= 0.3 is 0 Å². The van der Waals surface area contributed by atoms with Crippen molar-refractivity contribution in [1.29, 1.82) is 0 Å². The van der Waals surface area contributed by atoms with Crippen molar-refractivity contribution >= 4 is 11.7 Å². The normalized spacial score (nSPS) is 16.2. The molecule has 0 unspecified atom stereocenters. The smallest absolute Gasteiger partial charge is 0.273 e. The minimum Gasteiger partial charge on any atom is -0.395 e. The van der Waals surface area contributed by atoms with Gasteiger partial charge in [0.1, 0.15) is 0 Å². The van der Waals surface area contributed by atoms with Gasteiger partial charge in [0.25, 0.3) is 5.91 Å². The van der Waals surface area contributed by atoms with Gasteiger partial charge in [0.15, 0.2) is 11.5 Å². The molecule has 1 aromatic heterocycles. The Hall–Kier alpha value is -1.73. The van der Waals surface area contributed by atoms with Crippen LogP contribution in [0.5, 0.6) is 0 Å². The topological polar surface area (TPSA) is 72.8 Å². The second-order valence-corrected chi connectivity index (χ2v) is 5.03. The summed E-state index contributed by atoms with van der Waals surface area (Å²) < 4.78 is 0. The first-order valence-electron chi connectivity index (χ1n) is 6.75. The zero-order chi connectivity index (χ0) is 14.5. The molecule has 0 spiro atoms. The van der Waals surface area contributed by atoms with Crippen molar-refractivity contribution in [3.8, 4) is 0 Å². The monoisotopic (exact) mass is 279 g/mol. The highest BCUT2D eigenvalue weighted by Gasteiger charge is 2.18. The number of nitrogens with zero attached hydrogens (tertiary/aromatic N) is 5. The zero-order valence-electron chi connectivity index (χ0n) is 12.0. The van der Waals surface area contributed by atoms with Crippen LogP contribution in [-0.2, 0) is 0 Å². The Morgan fingerprint density at radius 3 is 2.45 bits per heavy atom. The van der Waals surface area contributed by atoms with Gasteiger partial charge in [-0.2, -0.15) is 0 Å². The van der Waals surface area contributed by atoms with E-state index in [0.29, 0.717) is 5.69 Å². The highest BCUT2D eigenvalue weighted by Crippen LogP contribution is 2.13. The molecule has 0 bridgehead atoms. The van der Waals surface area contributed by atoms with Crippen molar-refractivity contribution in [2.75, 3.05) is 58.3 Å². The van der Waals surface area contributed by atoms with E-state index in [1.54, 1.807) is 20.2 Å². The van der Waals surface area contributed by atoms with Crippen molar-refractivity contribution < 1.29 is 9.90 Å². The summed E-state index contributed by atoms with van der Waals surface area (Å²) in [5.41, 5.74) is 0.359. The molecular weight excluding hydrogens is 258 g/mol. The first-order chi connectivity index (χ1) is 9.61. The SMILES string of the molecule is CN(C)C(=O)c1ccc(N2CCN(CCO)CC2)nn1. The average Bonchev–Trinajstić information content (AvgIpc) is 2.48. The van der Waals surface area contributed by atoms with Crippen molar-refractivity contribution in [2.24, 2.45) is 0 Å². The first kappa shape index (κ1) is 14.7. The van der Waals surface area contributed by atoms with E-state index in [2.05, 4.69) is 20.0 Å². The molecule has 1 aliphatic rings. The highest BCUT2D eigenvalue weighted by molar-refractivity contribution is 5.91. The van der Waals surface area contributed by atoms with Crippen molar-refractivity contribution in [1.82, 2.24) is 20.0 Å². The van der Waals surface area contributed by atoms with Crippen LogP contribution in [0.3, 0.4) is 0 Å². The molecule has 2 heterocycles. The Bertz CT molecular complexity index is 441. The van der Waals surface area contributed by atoms with Gasteiger partial charge in [0, 0.05) is 46.8 Å². The fraction of sp³-hybridized carbons (Fsp3) is 0.615. The number of β-amino-alcohol motifs (C(OH)–C–C–N with tert-alkyl or cyclic N) is 1. The van der Waals surface area contributed by atoms with Gasteiger partial charge in [-0.05, 0) is 12.1 Å². The number of aliphatic hydroxyl groups excluding tert-OH is 1. The lowest BCUT2D eigenvalue weighted by Crippen LogP contribution is -2.47. The molecule has 1 saturated heterocycles. The number of piperazine rings is 1. The van der Waals surface area contributed by atoms with Crippen LogP contribution in [0.2, 0.25) is 0 Å². The fourth-order valence-electron chi connectivity index (χ4n) is 2.18. The molecule has 110 valence electrons. The minimum atomic E-state index is -0.142. The van der Waals surface area contributed by atoms with E-state index in [1.807, 2.05) is 6.07 Å². The third-order valence-corrected chi connectivity index (χ3v) is 3.39. The number of carbonyl (C=O) groups is 1. The number of hydrogen-bond donors (Lipinski definition) is 1. The molecule has 7 nitrogen and oxygen atoms in total. The van der Waals surface area contributed by atoms with Crippen molar-refractivity contribution in [3.05, 3.63) is 17.8 Å². The summed E-state index contributed by atoms with van der Waals surface area (Å²) >= 11 is 0. The number of aliphatic hydroxyl groups is 1. The molecular formula is C13H21N5O2. The third kappa shape index (κ3) is 3.43. The zero-order valence-corrected chi connectivity index (χ0v) is 12.0. The molecule has 0 radical (unpaired) electrons. The van der Waals surface area contributed by atoms with Gasteiger partial charge in [0.2, 0.25) is 0 Å². The van der Waals surface area contributed by atoms with Crippen LogP contribution in [-0.4, -0.2) is 84.4 Å². The first-order valence-corrected chi connectivity index (χ1v) is 6.75. The summed E-state index contributed by atoms with van der Waals surface area (Å²) in [6, 6.07) is 3.55. The number of anilines is 1. The number of carbonyl (C=O) groups excluding carboxylic acids is 1. The Kier molecular flexibility index (Phi) is 4.86. The van der Waals surface area contributed by atoms with Crippen LogP contribution in [0.4, 0.5) is 5.82 Å². The van der Waals surface area contributed by atoms with E-state index in [-0.39, 0.29) is 12.5 Å². The van der Waals surface area contributed by atoms with Crippen LogP contribution in [0.15, 0.2) is 12.1 Å². The summed E-state index contributed by atoms with van der Waals surface area (Å²) in [4.78, 5) is 17.6. The Balaban J connectivity index is 1.96. The molecule has 1 aromatic rings. The Labute approximate surface area is 118 Å². The molecule has 7 heteroatoms. The summed E-state index contributed by atoms with van der Waals surface area (Å²) in [6.07, 6.45) is 0. The van der Waals surface area contributed by atoms with Crippen LogP contribution in [0, 0.1) is 0 Å². The lowest BCUT2D eigenvalue weighted by molar-refractivity contribution is 0.0821. The van der Waals surface area contributed by atoms with E-state index in [4.69, 9.17) is 5.11 Å². The third-order valence-electron chi connectivity index (χ3n) is 3.39. The van der Waals surface area contributed by atoms with Crippen LogP contribution in [0.25, 0.3) is 0 Å². The van der Waals surface area contributed by atoms with Crippen molar-refractivity contribution in [2.45, 2.75) is 0 Å². The summed E-state index contributed by atoms with van der Waals surface area (Å²) in [5.74, 6) is 0.653. The van der Waals surface area contributed by atoms with Gasteiger partial charge in [-0.1, -0.05) is 0 Å². The number of hydrogen-bond acceptors (Lipinski definition) is 6. The van der Waals surface area contributed by atoms with E-state index in [1.165, 1.54) is 4.90 Å². The second-order valence-electron chi connectivity index (χ2n) is 5.03. The van der Waals surface area contributed by atoms with Crippen LogP contribution < -0.4 is 4.90 Å². The van der Waals surface area contributed by atoms with Gasteiger partial charge in [-0.15, -0.1) is 10.2 Å². The molecule has 0 aromatic carbocycles. The summed E-state index contributed by atoms with van der Waals surface area (Å²) in [6.45, 7) is 4.43. The summed E-state index contributed by atoms with van der Waals surface area (Å²) in [5, 5.41) is 17.0. The number of rotatable bonds is 4. The van der Waals surface area contributed by atoms with Gasteiger partial charge < -0.3 is 14.9 Å². The van der Waals surface area contributed by atoms with E-state index in [0.717, 1.165) is 38.5 Å². The molecule has 1 amide bonds.